The molecule has 0 spiro atoms. The number of hydrogen-bond acceptors (Lipinski definition) is 1. The van der Waals surface area contributed by atoms with Crippen LogP contribution in [0.4, 0.5) is 0 Å². The number of fused-ring (bicyclic) bond motifs is 2. The van der Waals surface area contributed by atoms with Crippen LogP contribution in [-0.4, -0.2) is 0 Å². The Balaban J connectivity index is 1.85. The molecule has 1 aliphatic rings. The van der Waals surface area contributed by atoms with E-state index in [1.807, 2.05) is 0 Å². The molecule has 5 rings (SSSR count). The zero-order chi connectivity index (χ0) is 30.8. The molecule has 4 aromatic carbocycles. The molecular formula is C41H50O. The van der Waals surface area contributed by atoms with E-state index in [4.69, 9.17) is 4.74 Å². The highest BCUT2D eigenvalue weighted by Crippen LogP contribution is 2.56. The predicted octanol–water partition coefficient (Wildman–Crippen LogP) is 12.3. The standard InChI is InChI=1S/C41H50O/c1-25(2)27-15-13-17-29(19-27)33-21-31(39(5,6)7)23-35-37(33)42-38-34(30-18-14-16-28(20-30)26(3)4)22-32(40(8,9)10)24-36(38)41(35,11)12/h13-26H,1-12H3. The van der Waals surface area contributed by atoms with Crippen LogP contribution in [0.3, 0.4) is 0 Å². The number of ether oxygens (including phenoxy) is 1. The first-order chi connectivity index (χ1) is 19.5. The lowest BCUT2D eigenvalue weighted by Crippen LogP contribution is -2.27. The van der Waals surface area contributed by atoms with Gasteiger partial charge in [-0.2, -0.15) is 0 Å². The van der Waals surface area contributed by atoms with E-state index in [1.165, 1.54) is 55.6 Å². The Labute approximate surface area is 255 Å². The summed E-state index contributed by atoms with van der Waals surface area (Å²) in [5.41, 5.74) is 12.5. The Morgan fingerprint density at radius 1 is 0.548 bits per heavy atom. The highest BCUT2D eigenvalue weighted by molar-refractivity contribution is 5.82. The van der Waals surface area contributed by atoms with Crippen molar-refractivity contribution >= 4 is 0 Å². The van der Waals surface area contributed by atoms with Crippen LogP contribution in [0.2, 0.25) is 0 Å². The molecule has 0 aliphatic carbocycles. The Bertz CT molecular complexity index is 1510. The van der Waals surface area contributed by atoms with E-state index < -0.39 is 0 Å². The van der Waals surface area contributed by atoms with E-state index in [-0.39, 0.29) is 16.2 Å². The molecule has 1 nitrogen and oxygen atoms in total. The third-order valence-electron chi connectivity index (χ3n) is 9.19. The molecule has 0 fully saturated rings. The zero-order valence-corrected chi connectivity index (χ0v) is 28.0. The minimum absolute atomic E-state index is 0.00546. The van der Waals surface area contributed by atoms with E-state index in [0.717, 1.165) is 11.5 Å². The van der Waals surface area contributed by atoms with Gasteiger partial charge in [0.15, 0.2) is 0 Å². The van der Waals surface area contributed by atoms with E-state index in [9.17, 15) is 0 Å². The van der Waals surface area contributed by atoms with Gasteiger partial charge in [-0.15, -0.1) is 0 Å². The van der Waals surface area contributed by atoms with Crippen LogP contribution in [-0.2, 0) is 16.2 Å². The van der Waals surface area contributed by atoms with Gasteiger partial charge in [0.2, 0.25) is 0 Å². The van der Waals surface area contributed by atoms with Gasteiger partial charge in [-0.1, -0.05) is 144 Å². The quantitative estimate of drug-likeness (QED) is 0.242. The van der Waals surface area contributed by atoms with Crippen molar-refractivity contribution in [3.05, 3.63) is 106 Å². The normalized spacial score (nSPS) is 14.5. The van der Waals surface area contributed by atoms with Crippen molar-refractivity contribution < 1.29 is 4.74 Å². The van der Waals surface area contributed by atoms with E-state index in [0.29, 0.717) is 11.8 Å². The fraction of sp³-hybridized carbons (Fsp3) is 0.415. The van der Waals surface area contributed by atoms with Gasteiger partial charge in [0, 0.05) is 27.7 Å². The SMILES string of the molecule is CC(C)c1cccc(-c2cc(C(C)(C)C)cc3c2Oc2c(-c4cccc(C(C)C)c4)cc(C(C)(C)C)cc2C3(C)C)c1. The fourth-order valence-electron chi connectivity index (χ4n) is 6.08. The lowest BCUT2D eigenvalue weighted by molar-refractivity contribution is 0.418. The summed E-state index contributed by atoms with van der Waals surface area (Å²) in [5.74, 6) is 2.90. The summed E-state index contributed by atoms with van der Waals surface area (Å²) in [6.07, 6.45) is 0. The lowest BCUT2D eigenvalue weighted by Gasteiger charge is -2.39. The Morgan fingerprint density at radius 3 is 1.26 bits per heavy atom. The smallest absolute Gasteiger partial charge is 0.139 e. The van der Waals surface area contributed by atoms with Crippen molar-refractivity contribution in [1.29, 1.82) is 0 Å². The van der Waals surface area contributed by atoms with Crippen molar-refractivity contribution in [2.24, 2.45) is 0 Å². The van der Waals surface area contributed by atoms with Crippen LogP contribution in [0.5, 0.6) is 11.5 Å². The first-order valence-corrected chi connectivity index (χ1v) is 15.7. The van der Waals surface area contributed by atoms with Crippen LogP contribution in [0.25, 0.3) is 22.3 Å². The molecule has 0 saturated carbocycles. The topological polar surface area (TPSA) is 9.23 Å². The largest absolute Gasteiger partial charge is 0.455 e. The second-order valence-electron chi connectivity index (χ2n) is 15.6. The maximum Gasteiger partial charge on any atom is 0.139 e. The lowest BCUT2D eigenvalue weighted by atomic mass is 9.70. The van der Waals surface area contributed by atoms with Crippen molar-refractivity contribution in [3.8, 4) is 33.8 Å². The van der Waals surface area contributed by atoms with Crippen molar-refractivity contribution in [3.63, 3.8) is 0 Å². The van der Waals surface area contributed by atoms with Gasteiger partial charge in [0.1, 0.15) is 11.5 Å². The molecule has 0 atom stereocenters. The molecule has 1 heterocycles. The second-order valence-corrected chi connectivity index (χ2v) is 15.6. The van der Waals surface area contributed by atoms with Crippen molar-refractivity contribution in [2.75, 3.05) is 0 Å². The molecule has 0 radical (unpaired) electrons. The van der Waals surface area contributed by atoms with Gasteiger partial charge < -0.3 is 4.74 Å². The van der Waals surface area contributed by atoms with Crippen LogP contribution in [0.1, 0.15) is 128 Å². The fourth-order valence-corrected chi connectivity index (χ4v) is 6.08. The first-order valence-electron chi connectivity index (χ1n) is 15.7. The van der Waals surface area contributed by atoms with Gasteiger partial charge in [-0.05, 0) is 68.2 Å². The molecule has 4 aromatic rings. The molecule has 0 amide bonds. The average molecular weight is 559 g/mol. The average Bonchev–Trinajstić information content (AvgIpc) is 2.91. The zero-order valence-electron chi connectivity index (χ0n) is 28.0. The minimum Gasteiger partial charge on any atom is -0.455 e. The Morgan fingerprint density at radius 2 is 0.929 bits per heavy atom. The third kappa shape index (κ3) is 5.44. The molecule has 1 aliphatic heterocycles. The van der Waals surface area contributed by atoms with Crippen LogP contribution >= 0.6 is 0 Å². The van der Waals surface area contributed by atoms with E-state index in [2.05, 4.69) is 156 Å². The third-order valence-corrected chi connectivity index (χ3v) is 9.19. The van der Waals surface area contributed by atoms with Gasteiger partial charge in [-0.25, -0.2) is 0 Å². The summed E-state index contributed by atoms with van der Waals surface area (Å²) < 4.78 is 7.22. The second kappa shape index (κ2) is 10.4. The molecule has 1 heteroatoms. The molecule has 0 saturated heterocycles. The molecule has 0 unspecified atom stereocenters. The molecular weight excluding hydrogens is 508 g/mol. The molecule has 220 valence electrons. The Kier molecular flexibility index (Phi) is 7.49. The maximum absolute atomic E-state index is 7.22. The highest BCUT2D eigenvalue weighted by Gasteiger charge is 2.39. The van der Waals surface area contributed by atoms with Gasteiger partial charge in [0.05, 0.1) is 0 Å². The van der Waals surface area contributed by atoms with E-state index in [1.54, 1.807) is 0 Å². The highest BCUT2D eigenvalue weighted by atomic mass is 16.5. The van der Waals surface area contributed by atoms with E-state index >= 15 is 0 Å². The monoisotopic (exact) mass is 558 g/mol. The van der Waals surface area contributed by atoms with Crippen molar-refractivity contribution in [1.82, 2.24) is 0 Å². The maximum atomic E-state index is 7.22. The van der Waals surface area contributed by atoms with Gasteiger partial charge in [0.25, 0.3) is 0 Å². The Hall–Kier alpha value is -3.32. The number of hydrogen-bond donors (Lipinski definition) is 0. The first kappa shape index (κ1) is 30.1. The van der Waals surface area contributed by atoms with Crippen LogP contribution in [0, 0.1) is 0 Å². The molecule has 0 N–H and O–H groups in total. The minimum atomic E-state index is -0.250. The summed E-state index contributed by atoms with van der Waals surface area (Å²) in [7, 11) is 0. The van der Waals surface area contributed by atoms with Crippen molar-refractivity contribution in [2.45, 2.75) is 111 Å². The summed E-state index contributed by atoms with van der Waals surface area (Å²) in [6, 6.07) is 27.7. The summed E-state index contributed by atoms with van der Waals surface area (Å²) in [5, 5.41) is 0. The molecule has 0 bridgehead atoms. The van der Waals surface area contributed by atoms with Gasteiger partial charge >= 0.3 is 0 Å². The number of rotatable bonds is 4. The summed E-state index contributed by atoms with van der Waals surface area (Å²) in [4.78, 5) is 0. The molecule has 0 aromatic heterocycles. The summed E-state index contributed by atoms with van der Waals surface area (Å²) >= 11 is 0. The molecule has 42 heavy (non-hydrogen) atoms. The number of benzene rings is 4. The predicted molar refractivity (Wildman–Crippen MR) is 182 cm³/mol. The van der Waals surface area contributed by atoms with Crippen LogP contribution < -0.4 is 4.74 Å². The van der Waals surface area contributed by atoms with Gasteiger partial charge in [-0.3, -0.25) is 0 Å². The van der Waals surface area contributed by atoms with Crippen LogP contribution in [0.15, 0.2) is 72.8 Å². The summed E-state index contributed by atoms with van der Waals surface area (Å²) in [6.45, 7) is 27.7.